The van der Waals surface area contributed by atoms with Gasteiger partial charge >= 0.3 is 0 Å². The van der Waals surface area contributed by atoms with Crippen LogP contribution in [-0.2, 0) is 4.79 Å². The number of unbranched alkanes of at least 4 members (excludes halogenated alkanes) is 1. The lowest BCUT2D eigenvalue weighted by Crippen LogP contribution is -2.33. The minimum Gasteiger partial charge on any atom is -0.483 e. The van der Waals surface area contributed by atoms with E-state index in [-0.39, 0.29) is 12.5 Å². The van der Waals surface area contributed by atoms with Crippen LogP contribution in [0, 0.1) is 5.92 Å². The Morgan fingerprint density at radius 1 is 1.30 bits per heavy atom. The molecule has 0 saturated carbocycles. The molecule has 1 amide bonds. The number of hydrogen-bond acceptors (Lipinski definition) is 2. The van der Waals surface area contributed by atoms with Gasteiger partial charge in [-0.3, -0.25) is 4.79 Å². The monoisotopic (exact) mass is 383 g/mol. The Labute approximate surface area is 149 Å². The summed E-state index contributed by atoms with van der Waals surface area (Å²) in [6.45, 7) is 9.48. The third-order valence-electron chi connectivity index (χ3n) is 4.11. The van der Waals surface area contributed by atoms with Crippen LogP contribution >= 0.6 is 15.9 Å². The molecule has 0 unspecified atom stereocenters. The number of nitrogens with one attached hydrogen (secondary N) is 1. The van der Waals surface area contributed by atoms with Crippen LogP contribution in [0.25, 0.3) is 0 Å². The van der Waals surface area contributed by atoms with Crippen LogP contribution in [0.4, 0.5) is 0 Å². The van der Waals surface area contributed by atoms with Crippen LogP contribution in [-0.4, -0.2) is 19.1 Å². The quantitative estimate of drug-likeness (QED) is 0.596. The standard InChI is InChI=1S/C19H30BrNO2/c1-5-7-8-15(6-2)12-21-19(22)13-23-18-10-9-16(14(3)4)11-17(18)20/h9-11,14-15H,5-8,12-13H2,1-4H3,(H,21,22)/t15-/m0/s1. The molecule has 0 bridgehead atoms. The summed E-state index contributed by atoms with van der Waals surface area (Å²) in [4.78, 5) is 11.9. The van der Waals surface area contributed by atoms with Crippen LogP contribution < -0.4 is 10.1 Å². The van der Waals surface area contributed by atoms with Gasteiger partial charge in [-0.15, -0.1) is 0 Å². The van der Waals surface area contributed by atoms with Crippen molar-refractivity contribution in [1.29, 1.82) is 0 Å². The lowest BCUT2D eigenvalue weighted by atomic mass is 9.99. The number of ether oxygens (including phenoxy) is 1. The van der Waals surface area contributed by atoms with E-state index < -0.39 is 0 Å². The van der Waals surface area contributed by atoms with Crippen molar-refractivity contribution in [2.75, 3.05) is 13.2 Å². The van der Waals surface area contributed by atoms with Crippen LogP contribution in [0.3, 0.4) is 0 Å². The van der Waals surface area contributed by atoms with Gasteiger partial charge in [-0.2, -0.15) is 0 Å². The molecule has 0 saturated heterocycles. The summed E-state index contributed by atoms with van der Waals surface area (Å²) < 4.78 is 6.52. The summed E-state index contributed by atoms with van der Waals surface area (Å²) in [6.07, 6.45) is 4.70. The first kappa shape index (κ1) is 20.0. The van der Waals surface area contributed by atoms with Gasteiger partial charge in [-0.1, -0.05) is 53.0 Å². The van der Waals surface area contributed by atoms with Gasteiger partial charge in [0, 0.05) is 6.54 Å². The first-order valence-electron chi connectivity index (χ1n) is 8.66. The van der Waals surface area contributed by atoms with Crippen molar-refractivity contribution in [2.24, 2.45) is 5.92 Å². The molecular weight excluding hydrogens is 354 g/mol. The Hall–Kier alpha value is -1.03. The summed E-state index contributed by atoms with van der Waals surface area (Å²) in [5, 5.41) is 2.98. The van der Waals surface area contributed by atoms with E-state index in [1.807, 2.05) is 12.1 Å². The maximum atomic E-state index is 11.9. The van der Waals surface area contributed by atoms with Gasteiger partial charge < -0.3 is 10.1 Å². The van der Waals surface area contributed by atoms with Crippen molar-refractivity contribution >= 4 is 21.8 Å². The molecule has 130 valence electrons. The molecule has 0 fully saturated rings. The molecule has 0 radical (unpaired) electrons. The molecule has 1 aromatic rings. The zero-order chi connectivity index (χ0) is 17.2. The van der Waals surface area contributed by atoms with Gasteiger partial charge in [0.2, 0.25) is 0 Å². The van der Waals surface area contributed by atoms with Crippen LogP contribution in [0.15, 0.2) is 22.7 Å². The molecule has 0 aliphatic carbocycles. The van der Waals surface area contributed by atoms with Gasteiger partial charge in [0.25, 0.3) is 5.91 Å². The summed E-state index contributed by atoms with van der Waals surface area (Å²) in [5.41, 5.74) is 1.25. The Bertz CT molecular complexity index is 488. The highest BCUT2D eigenvalue weighted by molar-refractivity contribution is 9.10. The zero-order valence-electron chi connectivity index (χ0n) is 14.8. The minimum absolute atomic E-state index is 0.0558. The van der Waals surface area contributed by atoms with E-state index in [4.69, 9.17) is 4.74 Å². The van der Waals surface area contributed by atoms with Gasteiger partial charge in [-0.25, -0.2) is 0 Å². The Morgan fingerprint density at radius 2 is 2.04 bits per heavy atom. The molecular formula is C19H30BrNO2. The van der Waals surface area contributed by atoms with Gasteiger partial charge in [0.1, 0.15) is 5.75 Å². The molecule has 1 aromatic carbocycles. The maximum absolute atomic E-state index is 11.9. The molecule has 1 atom stereocenters. The molecule has 1 N–H and O–H groups in total. The number of hydrogen-bond donors (Lipinski definition) is 1. The molecule has 0 aliphatic heterocycles. The normalized spacial score (nSPS) is 12.3. The predicted molar refractivity (Wildman–Crippen MR) is 100 cm³/mol. The second-order valence-electron chi connectivity index (χ2n) is 6.35. The maximum Gasteiger partial charge on any atom is 0.257 e. The Kier molecular flexibility index (Phi) is 9.30. The molecule has 1 rings (SSSR count). The van der Waals surface area contributed by atoms with Crippen molar-refractivity contribution in [1.82, 2.24) is 5.32 Å². The fraction of sp³-hybridized carbons (Fsp3) is 0.632. The van der Waals surface area contributed by atoms with E-state index >= 15 is 0 Å². The van der Waals surface area contributed by atoms with Crippen molar-refractivity contribution in [3.05, 3.63) is 28.2 Å². The fourth-order valence-electron chi connectivity index (χ4n) is 2.39. The van der Waals surface area contributed by atoms with Crippen LogP contribution in [0.1, 0.15) is 64.9 Å². The van der Waals surface area contributed by atoms with Crippen molar-refractivity contribution in [2.45, 2.75) is 59.3 Å². The Morgan fingerprint density at radius 3 is 2.61 bits per heavy atom. The highest BCUT2D eigenvalue weighted by Gasteiger charge is 2.10. The summed E-state index contributed by atoms with van der Waals surface area (Å²) in [6, 6.07) is 6.01. The number of halogens is 1. The smallest absolute Gasteiger partial charge is 0.257 e. The van der Waals surface area contributed by atoms with E-state index in [9.17, 15) is 4.79 Å². The SMILES string of the molecule is CCCC[C@H](CC)CNC(=O)COc1ccc(C(C)C)cc1Br. The largest absolute Gasteiger partial charge is 0.483 e. The van der Waals surface area contributed by atoms with E-state index in [0.717, 1.165) is 17.4 Å². The molecule has 4 heteroatoms. The highest BCUT2D eigenvalue weighted by Crippen LogP contribution is 2.28. The fourth-order valence-corrected chi connectivity index (χ4v) is 2.90. The second-order valence-corrected chi connectivity index (χ2v) is 7.21. The average molecular weight is 384 g/mol. The van der Waals surface area contributed by atoms with Gasteiger partial charge in [-0.05, 0) is 51.9 Å². The summed E-state index contributed by atoms with van der Waals surface area (Å²) >= 11 is 3.51. The van der Waals surface area contributed by atoms with E-state index in [2.05, 4.69) is 55.0 Å². The number of rotatable bonds is 10. The number of amides is 1. The first-order valence-corrected chi connectivity index (χ1v) is 9.46. The van der Waals surface area contributed by atoms with E-state index in [1.165, 1.54) is 24.8 Å². The average Bonchev–Trinajstić information content (AvgIpc) is 2.53. The van der Waals surface area contributed by atoms with Crippen molar-refractivity contribution in [3.8, 4) is 5.75 Å². The second kappa shape index (κ2) is 10.7. The highest BCUT2D eigenvalue weighted by atomic mass is 79.9. The number of benzene rings is 1. The summed E-state index contributed by atoms with van der Waals surface area (Å²) in [7, 11) is 0. The lowest BCUT2D eigenvalue weighted by Gasteiger charge is -2.16. The number of carbonyl (C=O) groups is 1. The van der Waals surface area contributed by atoms with Gasteiger partial charge in [0.05, 0.1) is 4.47 Å². The Balaban J connectivity index is 2.41. The number of carbonyl (C=O) groups excluding carboxylic acids is 1. The molecule has 3 nitrogen and oxygen atoms in total. The lowest BCUT2D eigenvalue weighted by molar-refractivity contribution is -0.123. The zero-order valence-corrected chi connectivity index (χ0v) is 16.4. The summed E-state index contributed by atoms with van der Waals surface area (Å²) in [5.74, 6) is 1.69. The van der Waals surface area contributed by atoms with Crippen molar-refractivity contribution in [3.63, 3.8) is 0 Å². The van der Waals surface area contributed by atoms with Crippen LogP contribution in [0.5, 0.6) is 5.75 Å². The third kappa shape index (κ3) is 7.38. The van der Waals surface area contributed by atoms with E-state index in [1.54, 1.807) is 0 Å². The topological polar surface area (TPSA) is 38.3 Å². The molecule has 0 aromatic heterocycles. The first-order chi connectivity index (χ1) is 11.0. The molecule has 23 heavy (non-hydrogen) atoms. The van der Waals surface area contributed by atoms with Crippen molar-refractivity contribution < 1.29 is 9.53 Å². The molecule has 0 aliphatic rings. The minimum atomic E-state index is -0.0558. The van der Waals surface area contributed by atoms with Gasteiger partial charge in [0.15, 0.2) is 6.61 Å². The van der Waals surface area contributed by atoms with E-state index in [0.29, 0.717) is 17.6 Å². The third-order valence-corrected chi connectivity index (χ3v) is 4.73. The predicted octanol–water partition coefficient (Wildman–Crippen LogP) is 5.28. The van der Waals surface area contributed by atoms with Crippen LogP contribution in [0.2, 0.25) is 0 Å². The molecule has 0 spiro atoms. The molecule has 0 heterocycles.